The molecule has 30 heavy (non-hydrogen) atoms. The zero-order chi connectivity index (χ0) is 20.9. The summed E-state index contributed by atoms with van der Waals surface area (Å²) in [5.74, 6) is 2.04. The maximum absolute atomic E-state index is 12.7. The number of aromatic nitrogens is 1. The Labute approximate surface area is 185 Å². The van der Waals surface area contributed by atoms with Gasteiger partial charge in [0.1, 0.15) is 23.1 Å². The summed E-state index contributed by atoms with van der Waals surface area (Å²) in [5.41, 5.74) is 1.87. The van der Waals surface area contributed by atoms with Crippen LogP contribution >= 0.6 is 22.9 Å². The highest BCUT2D eigenvalue weighted by molar-refractivity contribution is 7.09. The van der Waals surface area contributed by atoms with Crippen molar-refractivity contribution >= 4 is 28.8 Å². The van der Waals surface area contributed by atoms with Crippen LogP contribution in [0, 0.1) is 5.92 Å². The number of thiazole rings is 1. The lowest BCUT2D eigenvalue weighted by Gasteiger charge is -2.19. The first-order valence-electron chi connectivity index (χ1n) is 9.85. The van der Waals surface area contributed by atoms with Gasteiger partial charge in [0.2, 0.25) is 5.91 Å². The molecule has 1 amide bonds. The van der Waals surface area contributed by atoms with Gasteiger partial charge in [-0.2, -0.15) is 0 Å². The molecule has 1 atom stereocenters. The molecule has 0 aliphatic heterocycles. The zero-order valence-electron chi connectivity index (χ0n) is 16.6. The van der Waals surface area contributed by atoms with Crippen molar-refractivity contribution < 1.29 is 14.3 Å². The van der Waals surface area contributed by atoms with E-state index in [1.807, 2.05) is 41.8 Å². The molecule has 3 aromatic rings. The molecule has 1 aromatic heterocycles. The van der Waals surface area contributed by atoms with Crippen molar-refractivity contribution in [1.29, 1.82) is 0 Å². The summed E-state index contributed by atoms with van der Waals surface area (Å²) in [6.45, 7) is 0.366. The number of nitrogens with one attached hydrogen (secondary N) is 1. The molecule has 156 valence electrons. The predicted molar refractivity (Wildman–Crippen MR) is 118 cm³/mol. The van der Waals surface area contributed by atoms with Gasteiger partial charge < -0.3 is 14.8 Å². The normalized spacial score (nSPS) is 14.2. The lowest BCUT2D eigenvalue weighted by Crippen LogP contribution is -2.31. The second-order valence-corrected chi connectivity index (χ2v) is 8.69. The van der Waals surface area contributed by atoms with Gasteiger partial charge in [-0.05, 0) is 60.7 Å². The van der Waals surface area contributed by atoms with Crippen molar-refractivity contribution in [3.63, 3.8) is 0 Å². The topological polar surface area (TPSA) is 60.5 Å². The molecule has 1 N–H and O–H groups in total. The van der Waals surface area contributed by atoms with Crippen molar-refractivity contribution in [2.45, 2.75) is 31.9 Å². The van der Waals surface area contributed by atoms with E-state index in [0.717, 1.165) is 40.6 Å². The fourth-order valence-electron chi connectivity index (χ4n) is 3.28. The van der Waals surface area contributed by atoms with Crippen LogP contribution in [-0.4, -0.2) is 18.0 Å². The first-order chi connectivity index (χ1) is 14.6. The zero-order valence-corrected chi connectivity index (χ0v) is 18.2. The number of methoxy groups -OCH3 is 1. The van der Waals surface area contributed by atoms with Crippen LogP contribution < -0.4 is 14.8 Å². The molecular weight excluding hydrogens is 420 g/mol. The Kier molecular flexibility index (Phi) is 6.55. The van der Waals surface area contributed by atoms with Gasteiger partial charge >= 0.3 is 0 Å². The molecule has 1 saturated carbocycles. The number of hydrogen-bond donors (Lipinski definition) is 1. The molecule has 5 nitrogen and oxygen atoms in total. The summed E-state index contributed by atoms with van der Waals surface area (Å²) in [6, 6.07) is 15.2. The van der Waals surface area contributed by atoms with Crippen LogP contribution in [0.5, 0.6) is 11.5 Å². The number of amides is 1. The minimum atomic E-state index is -0.0156. The summed E-state index contributed by atoms with van der Waals surface area (Å²) in [4.78, 5) is 17.2. The number of rotatable bonds is 9. The van der Waals surface area contributed by atoms with E-state index in [2.05, 4.69) is 10.3 Å². The number of hydrogen-bond acceptors (Lipinski definition) is 5. The second kappa shape index (κ2) is 9.49. The van der Waals surface area contributed by atoms with E-state index in [4.69, 9.17) is 21.1 Å². The number of halogens is 1. The van der Waals surface area contributed by atoms with Crippen molar-refractivity contribution in [3.05, 3.63) is 75.2 Å². The Balaban J connectivity index is 1.32. The Morgan fingerprint density at radius 1 is 1.17 bits per heavy atom. The Morgan fingerprint density at radius 2 is 1.87 bits per heavy atom. The van der Waals surface area contributed by atoms with E-state index >= 15 is 0 Å². The van der Waals surface area contributed by atoms with Gasteiger partial charge in [0.05, 0.1) is 25.3 Å². The Morgan fingerprint density at radius 3 is 2.53 bits per heavy atom. The highest BCUT2D eigenvalue weighted by Gasteiger charge is 2.33. The van der Waals surface area contributed by atoms with Crippen LogP contribution in [0.4, 0.5) is 0 Å². The first-order valence-corrected chi connectivity index (χ1v) is 11.1. The van der Waals surface area contributed by atoms with Crippen LogP contribution in [0.25, 0.3) is 0 Å². The third kappa shape index (κ3) is 5.52. The van der Waals surface area contributed by atoms with Crippen molar-refractivity contribution in [1.82, 2.24) is 10.3 Å². The van der Waals surface area contributed by atoms with Gasteiger partial charge in [0.15, 0.2) is 0 Å². The van der Waals surface area contributed by atoms with Gasteiger partial charge in [-0.1, -0.05) is 23.7 Å². The Hall–Kier alpha value is -2.57. The van der Waals surface area contributed by atoms with Gasteiger partial charge in [0.25, 0.3) is 0 Å². The molecule has 0 saturated heterocycles. The minimum absolute atomic E-state index is 0.0156. The highest BCUT2D eigenvalue weighted by atomic mass is 35.5. The monoisotopic (exact) mass is 442 g/mol. The van der Waals surface area contributed by atoms with E-state index in [-0.39, 0.29) is 18.4 Å². The summed E-state index contributed by atoms with van der Waals surface area (Å²) in [6.07, 6.45) is 2.54. The maximum atomic E-state index is 12.7. The largest absolute Gasteiger partial charge is 0.497 e. The van der Waals surface area contributed by atoms with Gasteiger partial charge in [-0.3, -0.25) is 4.79 Å². The third-order valence-corrected chi connectivity index (χ3v) is 6.12. The van der Waals surface area contributed by atoms with Crippen LogP contribution in [0.3, 0.4) is 0 Å². The molecule has 1 heterocycles. The van der Waals surface area contributed by atoms with Gasteiger partial charge in [0, 0.05) is 10.4 Å². The fourth-order valence-corrected chi connectivity index (χ4v) is 4.11. The van der Waals surface area contributed by atoms with Crippen molar-refractivity contribution in [3.8, 4) is 11.5 Å². The van der Waals surface area contributed by atoms with E-state index in [9.17, 15) is 4.79 Å². The molecule has 7 heteroatoms. The SMILES string of the molecule is COc1ccc(C(NC(=O)Cc2csc(COc3ccc(Cl)cc3)n2)C2CC2)cc1. The van der Waals surface area contributed by atoms with Crippen LogP contribution in [0.1, 0.15) is 35.1 Å². The van der Waals surface area contributed by atoms with E-state index in [1.54, 1.807) is 19.2 Å². The second-order valence-electron chi connectivity index (χ2n) is 7.31. The van der Waals surface area contributed by atoms with E-state index in [1.165, 1.54) is 11.3 Å². The van der Waals surface area contributed by atoms with Crippen LogP contribution in [0.2, 0.25) is 5.02 Å². The van der Waals surface area contributed by atoms with E-state index < -0.39 is 0 Å². The number of ether oxygens (including phenoxy) is 2. The molecule has 1 unspecified atom stereocenters. The summed E-state index contributed by atoms with van der Waals surface area (Å²) in [7, 11) is 1.65. The van der Waals surface area contributed by atoms with Crippen molar-refractivity contribution in [2.24, 2.45) is 5.92 Å². The molecule has 1 aliphatic carbocycles. The lowest BCUT2D eigenvalue weighted by molar-refractivity contribution is -0.121. The smallest absolute Gasteiger partial charge is 0.226 e. The molecule has 2 aromatic carbocycles. The van der Waals surface area contributed by atoms with Crippen LogP contribution in [-0.2, 0) is 17.8 Å². The third-order valence-electron chi connectivity index (χ3n) is 5.00. The molecule has 0 spiro atoms. The molecular formula is C23H23ClN2O3S. The van der Waals surface area contributed by atoms with E-state index in [0.29, 0.717) is 17.5 Å². The average molecular weight is 443 g/mol. The average Bonchev–Trinajstić information content (AvgIpc) is 3.51. The summed E-state index contributed by atoms with van der Waals surface area (Å²) < 4.78 is 11.0. The number of nitrogens with zero attached hydrogens (tertiary/aromatic N) is 1. The number of carbonyl (C=O) groups excluding carboxylic acids is 1. The van der Waals surface area contributed by atoms with Gasteiger partial charge in [-0.25, -0.2) is 4.98 Å². The standard InChI is InChI=1S/C23H23ClN2O3S/c1-28-19-8-4-16(5-9-19)23(15-2-3-15)26-21(27)12-18-14-30-22(25-18)13-29-20-10-6-17(24)7-11-20/h4-11,14-15,23H,2-3,12-13H2,1H3,(H,26,27). The molecule has 0 bridgehead atoms. The minimum Gasteiger partial charge on any atom is -0.497 e. The quantitative estimate of drug-likeness (QED) is 0.495. The fraction of sp³-hybridized carbons (Fsp3) is 0.304. The lowest BCUT2D eigenvalue weighted by atomic mass is 10.0. The van der Waals surface area contributed by atoms with Crippen molar-refractivity contribution in [2.75, 3.05) is 7.11 Å². The number of benzene rings is 2. The predicted octanol–water partition coefficient (Wildman–Crippen LogP) is 5.19. The molecule has 1 fully saturated rings. The highest BCUT2D eigenvalue weighted by Crippen LogP contribution is 2.41. The molecule has 1 aliphatic rings. The summed E-state index contributed by atoms with van der Waals surface area (Å²) in [5, 5.41) is 6.62. The number of carbonyl (C=O) groups is 1. The molecule has 4 rings (SSSR count). The maximum Gasteiger partial charge on any atom is 0.226 e. The van der Waals surface area contributed by atoms with Gasteiger partial charge in [-0.15, -0.1) is 11.3 Å². The Bertz CT molecular complexity index is 984. The first kappa shape index (κ1) is 20.7. The van der Waals surface area contributed by atoms with Crippen LogP contribution in [0.15, 0.2) is 53.9 Å². The summed E-state index contributed by atoms with van der Waals surface area (Å²) >= 11 is 7.38. The molecule has 0 radical (unpaired) electrons.